The zero-order valence-electron chi connectivity index (χ0n) is 14.2. The number of nitrogens with one attached hydrogen (secondary N) is 2. The molecule has 0 saturated carbocycles. The van der Waals surface area contributed by atoms with E-state index in [2.05, 4.69) is 34.5 Å². The lowest BCUT2D eigenvalue weighted by Gasteiger charge is -2.16. The Morgan fingerprint density at radius 2 is 1.91 bits per heavy atom. The van der Waals surface area contributed by atoms with Crippen LogP contribution in [0.15, 0.2) is 46.0 Å². The number of oxazole rings is 1. The normalized spacial score (nSPS) is 11.7. The number of rotatable bonds is 7. The summed E-state index contributed by atoms with van der Waals surface area (Å²) in [6, 6.07) is 9.89. The Labute approximate surface area is 138 Å². The second-order valence-corrected chi connectivity index (χ2v) is 5.50. The summed E-state index contributed by atoms with van der Waals surface area (Å²) in [5.41, 5.74) is 1.84. The number of hydrogen-bond donors (Lipinski definition) is 2. The highest BCUT2D eigenvalue weighted by Gasteiger charge is 2.08. The summed E-state index contributed by atoms with van der Waals surface area (Å²) in [7, 11) is 1.78. The van der Waals surface area contributed by atoms with Gasteiger partial charge in [-0.05, 0) is 18.1 Å². The summed E-state index contributed by atoms with van der Waals surface area (Å²) < 4.78 is 5.54. The molecule has 23 heavy (non-hydrogen) atoms. The fourth-order valence-corrected chi connectivity index (χ4v) is 2.31. The average Bonchev–Trinajstić information content (AvgIpc) is 3.08. The first-order valence-electron chi connectivity index (χ1n) is 8.21. The van der Waals surface area contributed by atoms with Crippen molar-refractivity contribution in [3.63, 3.8) is 0 Å². The van der Waals surface area contributed by atoms with E-state index < -0.39 is 0 Å². The lowest BCUT2D eigenvalue weighted by atomic mass is 10.0. The van der Waals surface area contributed by atoms with Crippen molar-refractivity contribution in [1.29, 1.82) is 0 Å². The van der Waals surface area contributed by atoms with Crippen LogP contribution in [-0.2, 0) is 6.54 Å². The smallest absolute Gasteiger partial charge is 0.226 e. The van der Waals surface area contributed by atoms with Gasteiger partial charge < -0.3 is 15.1 Å². The molecule has 1 aromatic carbocycles. The molecule has 0 radical (unpaired) electrons. The SMILES string of the molecule is CCC(CC)CNC(=NC)NCc1coc(-c2ccccc2)n1. The monoisotopic (exact) mass is 314 g/mol. The minimum atomic E-state index is 0.582. The zero-order valence-corrected chi connectivity index (χ0v) is 14.2. The summed E-state index contributed by atoms with van der Waals surface area (Å²) in [6.07, 6.45) is 4.03. The van der Waals surface area contributed by atoms with Crippen LogP contribution in [0.25, 0.3) is 11.5 Å². The Kier molecular flexibility index (Phi) is 6.66. The molecular weight excluding hydrogens is 288 g/mol. The number of aromatic nitrogens is 1. The van der Waals surface area contributed by atoms with Crippen LogP contribution in [0.4, 0.5) is 0 Å². The minimum Gasteiger partial charge on any atom is -0.444 e. The van der Waals surface area contributed by atoms with Crippen molar-refractivity contribution in [2.75, 3.05) is 13.6 Å². The summed E-state index contributed by atoms with van der Waals surface area (Å²) in [5, 5.41) is 6.63. The highest BCUT2D eigenvalue weighted by Crippen LogP contribution is 2.17. The maximum absolute atomic E-state index is 5.54. The van der Waals surface area contributed by atoms with Crippen LogP contribution in [0, 0.1) is 5.92 Å². The van der Waals surface area contributed by atoms with E-state index >= 15 is 0 Å². The van der Waals surface area contributed by atoms with Crippen LogP contribution in [0.3, 0.4) is 0 Å². The maximum Gasteiger partial charge on any atom is 0.226 e. The average molecular weight is 314 g/mol. The lowest BCUT2D eigenvalue weighted by molar-refractivity contribution is 0.481. The van der Waals surface area contributed by atoms with Crippen molar-refractivity contribution < 1.29 is 4.42 Å². The molecule has 124 valence electrons. The maximum atomic E-state index is 5.54. The second-order valence-electron chi connectivity index (χ2n) is 5.50. The molecule has 2 aromatic rings. The summed E-state index contributed by atoms with van der Waals surface area (Å²) in [6.45, 7) is 5.94. The number of benzene rings is 1. The number of nitrogens with zero attached hydrogens (tertiary/aromatic N) is 2. The van der Waals surface area contributed by atoms with Gasteiger partial charge in [-0.2, -0.15) is 0 Å². The molecule has 0 spiro atoms. The molecular formula is C18H26N4O. The highest BCUT2D eigenvalue weighted by molar-refractivity contribution is 5.79. The number of hydrogen-bond acceptors (Lipinski definition) is 3. The largest absolute Gasteiger partial charge is 0.444 e. The van der Waals surface area contributed by atoms with Gasteiger partial charge in [0.1, 0.15) is 6.26 Å². The van der Waals surface area contributed by atoms with Crippen molar-refractivity contribution >= 4 is 5.96 Å². The fourth-order valence-electron chi connectivity index (χ4n) is 2.31. The molecule has 2 N–H and O–H groups in total. The van der Waals surface area contributed by atoms with Gasteiger partial charge in [-0.25, -0.2) is 4.98 Å². The second kappa shape index (κ2) is 8.98. The Morgan fingerprint density at radius 1 is 1.17 bits per heavy atom. The van der Waals surface area contributed by atoms with Gasteiger partial charge in [-0.1, -0.05) is 44.9 Å². The highest BCUT2D eigenvalue weighted by atomic mass is 16.3. The van der Waals surface area contributed by atoms with Crippen LogP contribution in [-0.4, -0.2) is 24.5 Å². The van der Waals surface area contributed by atoms with E-state index in [4.69, 9.17) is 4.42 Å². The van der Waals surface area contributed by atoms with Gasteiger partial charge in [0.2, 0.25) is 5.89 Å². The van der Waals surface area contributed by atoms with Crippen LogP contribution < -0.4 is 10.6 Å². The fraction of sp³-hybridized carbons (Fsp3) is 0.444. The molecule has 0 saturated heterocycles. The van der Waals surface area contributed by atoms with E-state index in [1.807, 2.05) is 30.3 Å². The molecule has 0 fully saturated rings. The Hall–Kier alpha value is -2.30. The van der Waals surface area contributed by atoms with E-state index in [1.54, 1.807) is 13.3 Å². The molecule has 2 rings (SSSR count). The van der Waals surface area contributed by atoms with Crippen molar-refractivity contribution in [2.24, 2.45) is 10.9 Å². The molecule has 0 amide bonds. The van der Waals surface area contributed by atoms with Crippen LogP contribution in [0.2, 0.25) is 0 Å². The predicted octanol–water partition coefficient (Wildman–Crippen LogP) is 3.44. The third-order valence-corrected chi connectivity index (χ3v) is 3.95. The third kappa shape index (κ3) is 5.13. The number of aliphatic imine (C=N–C) groups is 1. The van der Waals surface area contributed by atoms with E-state index in [-0.39, 0.29) is 0 Å². The van der Waals surface area contributed by atoms with Crippen LogP contribution in [0.1, 0.15) is 32.4 Å². The van der Waals surface area contributed by atoms with E-state index in [0.29, 0.717) is 18.4 Å². The van der Waals surface area contributed by atoms with Gasteiger partial charge >= 0.3 is 0 Å². The summed E-state index contributed by atoms with van der Waals surface area (Å²) >= 11 is 0. The Bertz CT molecular complexity index is 602. The molecule has 0 unspecified atom stereocenters. The molecule has 1 heterocycles. The third-order valence-electron chi connectivity index (χ3n) is 3.95. The number of guanidine groups is 1. The molecule has 0 aliphatic carbocycles. The molecule has 5 heteroatoms. The molecule has 1 aromatic heterocycles. The van der Waals surface area contributed by atoms with Crippen molar-refractivity contribution in [2.45, 2.75) is 33.2 Å². The van der Waals surface area contributed by atoms with Crippen LogP contribution in [0.5, 0.6) is 0 Å². The van der Waals surface area contributed by atoms with Crippen molar-refractivity contribution in [3.05, 3.63) is 42.3 Å². The van der Waals surface area contributed by atoms with E-state index in [0.717, 1.165) is 23.8 Å². The molecule has 0 aliphatic rings. The summed E-state index contributed by atoms with van der Waals surface area (Å²) in [5.74, 6) is 2.11. The Morgan fingerprint density at radius 3 is 2.57 bits per heavy atom. The lowest BCUT2D eigenvalue weighted by Crippen LogP contribution is -2.39. The van der Waals surface area contributed by atoms with E-state index in [1.165, 1.54) is 12.8 Å². The molecule has 5 nitrogen and oxygen atoms in total. The molecule has 0 atom stereocenters. The van der Waals surface area contributed by atoms with Gasteiger partial charge in [0.15, 0.2) is 5.96 Å². The van der Waals surface area contributed by atoms with Crippen molar-refractivity contribution in [3.8, 4) is 11.5 Å². The standard InChI is InChI=1S/C18H26N4O/c1-4-14(5-2)11-20-18(19-3)21-12-16-13-23-17(22-16)15-9-7-6-8-10-15/h6-10,13-14H,4-5,11-12H2,1-3H3,(H2,19,20,21). The summed E-state index contributed by atoms with van der Waals surface area (Å²) in [4.78, 5) is 8.75. The van der Waals surface area contributed by atoms with Crippen LogP contribution >= 0.6 is 0 Å². The first-order chi connectivity index (χ1) is 11.3. The minimum absolute atomic E-state index is 0.582. The first kappa shape index (κ1) is 17.1. The molecule has 0 bridgehead atoms. The zero-order chi connectivity index (χ0) is 16.5. The first-order valence-corrected chi connectivity index (χ1v) is 8.21. The topological polar surface area (TPSA) is 62.5 Å². The van der Waals surface area contributed by atoms with Crippen molar-refractivity contribution in [1.82, 2.24) is 15.6 Å². The van der Waals surface area contributed by atoms with Gasteiger partial charge in [0, 0.05) is 19.2 Å². The van der Waals surface area contributed by atoms with Gasteiger partial charge in [0.05, 0.1) is 12.2 Å². The predicted molar refractivity (Wildman–Crippen MR) is 94.2 cm³/mol. The quantitative estimate of drug-likeness (QED) is 0.607. The Balaban J connectivity index is 1.86. The van der Waals surface area contributed by atoms with E-state index in [9.17, 15) is 0 Å². The molecule has 0 aliphatic heterocycles. The van der Waals surface area contributed by atoms with Gasteiger partial charge in [-0.15, -0.1) is 0 Å². The van der Waals surface area contributed by atoms with Gasteiger partial charge in [0.25, 0.3) is 0 Å². The van der Waals surface area contributed by atoms with Gasteiger partial charge in [-0.3, -0.25) is 4.99 Å².